The van der Waals surface area contributed by atoms with Crippen molar-refractivity contribution in [1.82, 2.24) is 15.1 Å². The normalized spacial score (nSPS) is 23.4. The van der Waals surface area contributed by atoms with Crippen LogP contribution < -0.4 is 5.32 Å². The minimum atomic E-state index is -0.129. The lowest BCUT2D eigenvalue weighted by Gasteiger charge is -2.40. The van der Waals surface area contributed by atoms with Crippen LogP contribution in [0.2, 0.25) is 0 Å². The molecule has 3 heterocycles. The van der Waals surface area contributed by atoms with E-state index in [2.05, 4.69) is 10.2 Å². The van der Waals surface area contributed by atoms with Gasteiger partial charge in [0.15, 0.2) is 0 Å². The summed E-state index contributed by atoms with van der Waals surface area (Å²) in [5.41, 5.74) is 0.0973. The molecule has 0 saturated carbocycles. The highest BCUT2D eigenvalue weighted by atomic mass is 16.5. The Bertz CT molecular complexity index is 494. The maximum absolute atomic E-state index is 12.3. The van der Waals surface area contributed by atoms with Crippen LogP contribution in [0.15, 0.2) is 0 Å². The van der Waals surface area contributed by atoms with Crippen molar-refractivity contribution in [3.05, 3.63) is 0 Å². The van der Waals surface area contributed by atoms with Gasteiger partial charge in [-0.1, -0.05) is 12.8 Å². The second kappa shape index (κ2) is 11.1. The highest BCUT2D eigenvalue weighted by Gasteiger charge is 2.35. The lowest BCUT2D eigenvalue weighted by Crippen LogP contribution is -2.48. The molecule has 0 atom stereocenters. The van der Waals surface area contributed by atoms with Crippen molar-refractivity contribution in [2.75, 3.05) is 65.7 Å². The molecule has 7 heteroatoms. The van der Waals surface area contributed by atoms with Crippen LogP contribution in [0, 0.1) is 5.41 Å². The lowest BCUT2D eigenvalue weighted by molar-refractivity contribution is -0.138. The number of hydrogen-bond acceptors (Lipinski definition) is 5. The Morgan fingerprint density at radius 3 is 2.21 bits per heavy atom. The largest absolute Gasteiger partial charge is 0.381 e. The van der Waals surface area contributed by atoms with Crippen molar-refractivity contribution in [2.45, 2.75) is 51.4 Å². The Morgan fingerprint density at radius 1 is 0.893 bits per heavy atom. The summed E-state index contributed by atoms with van der Waals surface area (Å²) < 4.78 is 11.0. The first-order valence-corrected chi connectivity index (χ1v) is 11.1. The molecule has 3 rings (SSSR count). The molecule has 1 N–H and O–H groups in total. The highest BCUT2D eigenvalue weighted by molar-refractivity contribution is 5.79. The molecule has 7 nitrogen and oxygen atoms in total. The number of rotatable bonds is 8. The van der Waals surface area contributed by atoms with Gasteiger partial charge in [0.25, 0.3) is 0 Å². The summed E-state index contributed by atoms with van der Waals surface area (Å²) in [5.74, 6) is -0.124. The number of ether oxygens (including phenoxy) is 2. The highest BCUT2D eigenvalue weighted by Crippen LogP contribution is 2.32. The van der Waals surface area contributed by atoms with Gasteiger partial charge in [-0.3, -0.25) is 9.59 Å². The van der Waals surface area contributed by atoms with Gasteiger partial charge in [-0.2, -0.15) is 0 Å². The fourth-order valence-electron chi connectivity index (χ4n) is 4.59. The zero-order valence-electron chi connectivity index (χ0n) is 17.3. The molecule has 0 bridgehead atoms. The van der Waals surface area contributed by atoms with Crippen molar-refractivity contribution in [3.63, 3.8) is 0 Å². The molecular weight excluding hydrogens is 358 g/mol. The number of amides is 2. The molecule has 3 aliphatic heterocycles. The second-order valence-corrected chi connectivity index (χ2v) is 8.66. The summed E-state index contributed by atoms with van der Waals surface area (Å²) in [6, 6.07) is 0. The standard InChI is InChI=1S/C21H37N3O4/c25-19(15-28-16-20(26)24-11-3-1-2-4-12-24)22-17-21(7-13-27-14-8-21)18-23-9-5-6-10-23/h1-18H2,(H,22,25). The van der Waals surface area contributed by atoms with Crippen molar-refractivity contribution >= 4 is 11.8 Å². The molecule has 3 aliphatic rings. The predicted octanol–water partition coefficient (Wildman–Crippen LogP) is 1.41. The predicted molar refractivity (Wildman–Crippen MR) is 107 cm³/mol. The van der Waals surface area contributed by atoms with Crippen LogP contribution >= 0.6 is 0 Å². The van der Waals surface area contributed by atoms with Crippen molar-refractivity contribution in [2.24, 2.45) is 5.41 Å². The van der Waals surface area contributed by atoms with E-state index in [1.807, 2.05) is 4.90 Å². The van der Waals surface area contributed by atoms with Gasteiger partial charge in [-0.05, 0) is 51.6 Å². The smallest absolute Gasteiger partial charge is 0.248 e. The third-order valence-electron chi connectivity index (χ3n) is 6.39. The van der Waals surface area contributed by atoms with Crippen molar-refractivity contribution < 1.29 is 19.1 Å². The number of hydrogen-bond donors (Lipinski definition) is 1. The van der Waals surface area contributed by atoms with E-state index in [4.69, 9.17) is 9.47 Å². The van der Waals surface area contributed by atoms with Crippen LogP contribution in [0.4, 0.5) is 0 Å². The molecule has 3 fully saturated rings. The van der Waals surface area contributed by atoms with Crippen molar-refractivity contribution in [1.29, 1.82) is 0 Å². The summed E-state index contributed by atoms with van der Waals surface area (Å²) >= 11 is 0. The SMILES string of the molecule is O=C(COCC(=O)N1CCCCCC1)NCC1(CN2CCCC2)CCOCC1. The van der Waals surface area contributed by atoms with Gasteiger partial charge in [-0.15, -0.1) is 0 Å². The Kier molecular flexibility index (Phi) is 8.55. The van der Waals surface area contributed by atoms with E-state index < -0.39 is 0 Å². The average molecular weight is 396 g/mol. The van der Waals surface area contributed by atoms with Crippen LogP contribution in [0.5, 0.6) is 0 Å². The van der Waals surface area contributed by atoms with Crippen LogP contribution in [-0.2, 0) is 19.1 Å². The molecule has 3 saturated heterocycles. The Hall–Kier alpha value is -1.18. The Morgan fingerprint density at radius 2 is 1.54 bits per heavy atom. The molecule has 0 radical (unpaired) electrons. The van der Waals surface area contributed by atoms with E-state index in [-0.39, 0.29) is 30.4 Å². The summed E-state index contributed by atoms with van der Waals surface area (Å²) in [6.07, 6.45) is 9.03. The van der Waals surface area contributed by atoms with Crippen molar-refractivity contribution in [3.8, 4) is 0 Å². The van der Waals surface area contributed by atoms with E-state index in [0.29, 0.717) is 6.54 Å². The Labute approximate surface area is 169 Å². The molecule has 0 aromatic rings. The quantitative estimate of drug-likeness (QED) is 0.673. The summed E-state index contributed by atoms with van der Waals surface area (Å²) in [5, 5.41) is 3.06. The van der Waals surface area contributed by atoms with E-state index in [9.17, 15) is 9.59 Å². The first-order valence-electron chi connectivity index (χ1n) is 11.1. The summed E-state index contributed by atoms with van der Waals surface area (Å²) in [4.78, 5) is 28.9. The van der Waals surface area contributed by atoms with Crippen LogP contribution in [0.25, 0.3) is 0 Å². The van der Waals surface area contributed by atoms with E-state index in [1.165, 1.54) is 25.7 Å². The zero-order valence-corrected chi connectivity index (χ0v) is 17.3. The molecule has 28 heavy (non-hydrogen) atoms. The second-order valence-electron chi connectivity index (χ2n) is 8.66. The molecule has 2 amide bonds. The molecule has 160 valence electrons. The van der Waals surface area contributed by atoms with Crippen LogP contribution in [-0.4, -0.2) is 87.3 Å². The summed E-state index contributed by atoms with van der Waals surface area (Å²) in [7, 11) is 0. The minimum absolute atomic E-state index is 0.000179. The third kappa shape index (κ3) is 6.71. The van der Waals surface area contributed by atoms with Crippen LogP contribution in [0.1, 0.15) is 51.4 Å². The molecule has 0 spiro atoms. The van der Waals surface area contributed by atoms with E-state index in [0.717, 1.165) is 71.6 Å². The fraction of sp³-hybridized carbons (Fsp3) is 0.905. The fourth-order valence-corrected chi connectivity index (χ4v) is 4.59. The van der Waals surface area contributed by atoms with Gasteiger partial charge in [-0.25, -0.2) is 0 Å². The summed E-state index contributed by atoms with van der Waals surface area (Å²) in [6.45, 7) is 7.15. The van der Waals surface area contributed by atoms with E-state index in [1.54, 1.807) is 0 Å². The van der Waals surface area contributed by atoms with Gasteiger partial charge >= 0.3 is 0 Å². The van der Waals surface area contributed by atoms with Gasteiger partial charge in [0.05, 0.1) is 0 Å². The average Bonchev–Trinajstić information content (AvgIpc) is 3.05. The van der Waals surface area contributed by atoms with Gasteiger partial charge in [0.2, 0.25) is 11.8 Å². The molecule has 0 aromatic carbocycles. The monoisotopic (exact) mass is 395 g/mol. The number of carbonyl (C=O) groups excluding carboxylic acids is 2. The van der Waals surface area contributed by atoms with Gasteiger partial charge in [0.1, 0.15) is 13.2 Å². The first kappa shape index (κ1) is 21.5. The molecule has 0 aromatic heterocycles. The maximum atomic E-state index is 12.3. The number of likely N-dealkylation sites (tertiary alicyclic amines) is 2. The Balaban J connectivity index is 1.37. The lowest BCUT2D eigenvalue weighted by atomic mass is 9.79. The zero-order chi connectivity index (χ0) is 19.7. The molecular formula is C21H37N3O4. The van der Waals surface area contributed by atoms with Gasteiger partial charge < -0.3 is 24.6 Å². The van der Waals surface area contributed by atoms with E-state index >= 15 is 0 Å². The number of nitrogens with zero attached hydrogens (tertiary/aromatic N) is 2. The first-order chi connectivity index (χ1) is 13.7. The topological polar surface area (TPSA) is 71.1 Å². The molecule has 0 unspecified atom stereocenters. The number of nitrogens with one attached hydrogen (secondary N) is 1. The third-order valence-corrected chi connectivity index (χ3v) is 6.39. The van der Waals surface area contributed by atoms with Crippen LogP contribution in [0.3, 0.4) is 0 Å². The number of carbonyl (C=O) groups is 2. The van der Waals surface area contributed by atoms with Gasteiger partial charge in [0, 0.05) is 44.8 Å². The minimum Gasteiger partial charge on any atom is -0.381 e. The molecule has 0 aliphatic carbocycles. The maximum Gasteiger partial charge on any atom is 0.248 e.